The first-order chi connectivity index (χ1) is 15.4. The Bertz CT molecular complexity index is 1140. The van der Waals surface area contributed by atoms with Crippen LogP contribution in [0.25, 0.3) is 5.82 Å². The lowest BCUT2D eigenvalue weighted by molar-refractivity contribution is -0.384. The molecule has 1 fully saturated rings. The lowest BCUT2D eigenvalue weighted by Crippen LogP contribution is -2.38. The summed E-state index contributed by atoms with van der Waals surface area (Å²) in [6.07, 6.45) is 1.68. The number of aryl methyl sites for hydroxylation is 2. The van der Waals surface area contributed by atoms with Crippen LogP contribution in [0.4, 0.5) is 11.4 Å². The average molecular weight is 436 g/mol. The van der Waals surface area contributed by atoms with Crippen molar-refractivity contribution in [2.75, 3.05) is 31.2 Å². The predicted molar refractivity (Wildman–Crippen MR) is 118 cm³/mol. The molecule has 32 heavy (non-hydrogen) atoms. The first-order valence-corrected chi connectivity index (χ1v) is 10.3. The molecule has 2 aromatic heterocycles. The van der Waals surface area contributed by atoms with Crippen LogP contribution < -0.4 is 10.2 Å². The molecule has 0 bridgehead atoms. The summed E-state index contributed by atoms with van der Waals surface area (Å²) in [6, 6.07) is 10.1. The molecule has 4 rings (SSSR count). The van der Waals surface area contributed by atoms with Gasteiger partial charge in [-0.05, 0) is 37.6 Å². The number of nitro groups is 1. The molecular formula is C22H24N6O4. The standard InChI is InChI=1S/C22H24N6O4/c1-15-11-16(2)27(25-15)21-6-3-17(13-23-21)14-24-22(29)19-12-18(28(30)31)4-5-20(19)26-7-9-32-10-8-26/h3-6,11-13H,7-10,14H2,1-2H3,(H,24,29). The molecule has 1 aliphatic rings. The fourth-order valence-electron chi connectivity index (χ4n) is 3.68. The third kappa shape index (κ3) is 4.59. The fraction of sp³-hybridized carbons (Fsp3) is 0.318. The van der Waals surface area contributed by atoms with Crippen LogP contribution in [0.1, 0.15) is 27.3 Å². The molecule has 0 aliphatic carbocycles. The number of non-ortho nitro benzene ring substituents is 1. The molecule has 1 saturated heterocycles. The van der Waals surface area contributed by atoms with Crippen molar-refractivity contribution in [3.05, 3.63) is 75.2 Å². The molecule has 3 aromatic rings. The maximum atomic E-state index is 13.0. The van der Waals surface area contributed by atoms with Crippen molar-refractivity contribution in [2.24, 2.45) is 0 Å². The zero-order valence-electron chi connectivity index (χ0n) is 17.9. The van der Waals surface area contributed by atoms with Crippen molar-refractivity contribution in [1.82, 2.24) is 20.1 Å². The van der Waals surface area contributed by atoms with Crippen LogP contribution >= 0.6 is 0 Å². The van der Waals surface area contributed by atoms with E-state index >= 15 is 0 Å². The zero-order chi connectivity index (χ0) is 22.7. The van der Waals surface area contributed by atoms with E-state index in [-0.39, 0.29) is 23.7 Å². The van der Waals surface area contributed by atoms with Gasteiger partial charge in [0.15, 0.2) is 5.82 Å². The highest BCUT2D eigenvalue weighted by molar-refractivity contribution is 6.00. The number of nitro benzene ring substituents is 1. The van der Waals surface area contributed by atoms with Gasteiger partial charge in [-0.1, -0.05) is 6.07 Å². The lowest BCUT2D eigenvalue weighted by Gasteiger charge is -2.30. The summed E-state index contributed by atoms with van der Waals surface area (Å²) in [6.45, 7) is 6.46. The lowest BCUT2D eigenvalue weighted by atomic mass is 10.1. The van der Waals surface area contributed by atoms with Crippen molar-refractivity contribution in [3.8, 4) is 5.82 Å². The number of carbonyl (C=O) groups excluding carboxylic acids is 1. The minimum absolute atomic E-state index is 0.122. The highest BCUT2D eigenvalue weighted by Crippen LogP contribution is 2.26. The number of amides is 1. The Morgan fingerprint density at radius 1 is 1.19 bits per heavy atom. The van der Waals surface area contributed by atoms with Crippen LogP contribution in [0.5, 0.6) is 0 Å². The summed E-state index contributed by atoms with van der Waals surface area (Å²) in [4.78, 5) is 30.2. The summed E-state index contributed by atoms with van der Waals surface area (Å²) < 4.78 is 7.13. The first-order valence-electron chi connectivity index (χ1n) is 10.3. The van der Waals surface area contributed by atoms with Gasteiger partial charge in [-0.3, -0.25) is 14.9 Å². The number of pyridine rings is 1. The van der Waals surface area contributed by atoms with Crippen molar-refractivity contribution >= 4 is 17.3 Å². The van der Waals surface area contributed by atoms with E-state index in [1.54, 1.807) is 16.9 Å². The molecule has 1 aromatic carbocycles. The largest absolute Gasteiger partial charge is 0.378 e. The maximum Gasteiger partial charge on any atom is 0.270 e. The van der Waals surface area contributed by atoms with Gasteiger partial charge in [0.05, 0.1) is 35.1 Å². The molecule has 0 atom stereocenters. The Morgan fingerprint density at radius 3 is 2.59 bits per heavy atom. The fourth-order valence-corrected chi connectivity index (χ4v) is 3.68. The Hall–Kier alpha value is -3.79. The third-order valence-electron chi connectivity index (χ3n) is 5.28. The normalized spacial score (nSPS) is 13.8. The van der Waals surface area contributed by atoms with Gasteiger partial charge in [0, 0.05) is 43.7 Å². The Kier molecular flexibility index (Phi) is 6.13. The highest BCUT2D eigenvalue weighted by Gasteiger charge is 2.22. The molecule has 0 radical (unpaired) electrons. The number of nitrogens with zero attached hydrogens (tertiary/aromatic N) is 5. The topological polar surface area (TPSA) is 115 Å². The Balaban J connectivity index is 1.50. The van der Waals surface area contributed by atoms with Crippen LogP contribution in [-0.2, 0) is 11.3 Å². The smallest absolute Gasteiger partial charge is 0.270 e. The summed E-state index contributed by atoms with van der Waals surface area (Å²) >= 11 is 0. The Labute approximate surface area is 185 Å². The number of anilines is 1. The zero-order valence-corrected chi connectivity index (χ0v) is 17.9. The van der Waals surface area contributed by atoms with E-state index < -0.39 is 4.92 Å². The molecule has 1 amide bonds. The molecule has 0 spiro atoms. The van der Waals surface area contributed by atoms with E-state index in [1.165, 1.54) is 12.1 Å². The molecule has 3 heterocycles. The maximum absolute atomic E-state index is 13.0. The number of benzene rings is 1. The molecule has 166 valence electrons. The van der Waals surface area contributed by atoms with Crippen LogP contribution in [-0.4, -0.2) is 51.9 Å². The summed E-state index contributed by atoms with van der Waals surface area (Å²) in [7, 11) is 0. The molecule has 1 aliphatic heterocycles. The minimum Gasteiger partial charge on any atom is -0.378 e. The van der Waals surface area contributed by atoms with Crippen molar-refractivity contribution < 1.29 is 14.5 Å². The van der Waals surface area contributed by atoms with Gasteiger partial charge >= 0.3 is 0 Å². The molecule has 1 N–H and O–H groups in total. The van der Waals surface area contributed by atoms with E-state index in [2.05, 4.69) is 15.4 Å². The quantitative estimate of drug-likeness (QED) is 0.466. The van der Waals surface area contributed by atoms with Crippen molar-refractivity contribution in [1.29, 1.82) is 0 Å². The number of nitrogens with one attached hydrogen (secondary N) is 1. The van der Waals surface area contributed by atoms with E-state index in [4.69, 9.17) is 4.74 Å². The monoisotopic (exact) mass is 436 g/mol. The van der Waals surface area contributed by atoms with Gasteiger partial charge in [0.1, 0.15) is 0 Å². The van der Waals surface area contributed by atoms with Gasteiger partial charge < -0.3 is 15.0 Å². The van der Waals surface area contributed by atoms with Crippen LogP contribution in [0.2, 0.25) is 0 Å². The van der Waals surface area contributed by atoms with E-state index in [9.17, 15) is 14.9 Å². The second-order valence-corrected chi connectivity index (χ2v) is 7.60. The first kappa shape index (κ1) is 21.4. The Morgan fingerprint density at radius 2 is 1.97 bits per heavy atom. The number of hydrogen-bond donors (Lipinski definition) is 1. The molecule has 10 heteroatoms. The van der Waals surface area contributed by atoms with Crippen molar-refractivity contribution in [2.45, 2.75) is 20.4 Å². The SMILES string of the molecule is Cc1cc(C)n(-c2ccc(CNC(=O)c3cc([N+](=O)[O-])ccc3N3CCOCC3)cn2)n1. The number of ether oxygens (including phenoxy) is 1. The van der Waals surface area contributed by atoms with Gasteiger partial charge in [0.2, 0.25) is 0 Å². The van der Waals surface area contributed by atoms with E-state index in [0.717, 1.165) is 17.0 Å². The van der Waals surface area contributed by atoms with Crippen LogP contribution in [0.15, 0.2) is 42.6 Å². The van der Waals surface area contributed by atoms with Crippen LogP contribution in [0.3, 0.4) is 0 Å². The average Bonchev–Trinajstić information content (AvgIpc) is 3.15. The summed E-state index contributed by atoms with van der Waals surface area (Å²) in [5.41, 5.74) is 3.51. The molecule has 0 saturated carbocycles. The molecule has 0 unspecified atom stereocenters. The number of hydrogen-bond acceptors (Lipinski definition) is 7. The third-order valence-corrected chi connectivity index (χ3v) is 5.28. The second kappa shape index (κ2) is 9.15. The second-order valence-electron chi connectivity index (χ2n) is 7.60. The highest BCUT2D eigenvalue weighted by atomic mass is 16.6. The molecule has 10 nitrogen and oxygen atoms in total. The molecular weight excluding hydrogens is 412 g/mol. The van der Waals surface area contributed by atoms with Crippen LogP contribution in [0, 0.1) is 24.0 Å². The predicted octanol–water partition coefficient (Wildman–Crippen LogP) is 2.56. The number of morpholine rings is 1. The van der Waals surface area contributed by atoms with Gasteiger partial charge in [-0.15, -0.1) is 0 Å². The number of aromatic nitrogens is 3. The number of rotatable bonds is 6. The number of carbonyl (C=O) groups is 1. The van der Waals surface area contributed by atoms with Gasteiger partial charge in [-0.2, -0.15) is 5.10 Å². The van der Waals surface area contributed by atoms with E-state index in [0.29, 0.717) is 37.8 Å². The summed E-state index contributed by atoms with van der Waals surface area (Å²) in [5.74, 6) is 0.316. The van der Waals surface area contributed by atoms with Gasteiger partial charge in [-0.25, -0.2) is 9.67 Å². The van der Waals surface area contributed by atoms with Gasteiger partial charge in [0.25, 0.3) is 11.6 Å². The summed E-state index contributed by atoms with van der Waals surface area (Å²) in [5, 5.41) is 18.5. The van der Waals surface area contributed by atoms with Crippen molar-refractivity contribution in [3.63, 3.8) is 0 Å². The van der Waals surface area contributed by atoms with E-state index in [1.807, 2.05) is 36.9 Å². The minimum atomic E-state index is -0.499.